The van der Waals surface area contributed by atoms with E-state index in [0.717, 1.165) is 6.42 Å². The quantitative estimate of drug-likeness (QED) is 0.503. The SMILES string of the molecule is O=C1CCCC2=C1[C@@H](c1ccco1)c1c(ncn3nc(-c4ccc(F)cc4)nc13)O2. The molecule has 0 N–H and O–H groups in total. The molecule has 2 aliphatic rings. The normalized spacial score (nSPS) is 18.3. The summed E-state index contributed by atoms with van der Waals surface area (Å²) < 4.78 is 26.6. The number of benzene rings is 1. The Hall–Kier alpha value is -3.81. The van der Waals surface area contributed by atoms with Crippen LogP contribution in [-0.2, 0) is 4.79 Å². The largest absolute Gasteiger partial charge is 0.468 e. The van der Waals surface area contributed by atoms with Crippen LogP contribution in [0.5, 0.6) is 5.88 Å². The zero-order valence-electron chi connectivity index (χ0n) is 15.7. The molecule has 3 aromatic heterocycles. The first kappa shape index (κ1) is 17.1. The third-order valence-corrected chi connectivity index (χ3v) is 5.52. The third-order valence-electron chi connectivity index (χ3n) is 5.52. The predicted molar refractivity (Wildman–Crippen MR) is 103 cm³/mol. The van der Waals surface area contributed by atoms with Gasteiger partial charge in [0.1, 0.15) is 23.7 Å². The lowest BCUT2D eigenvalue weighted by Crippen LogP contribution is -2.26. The third kappa shape index (κ3) is 2.50. The number of carbonyl (C=O) groups is 1. The van der Waals surface area contributed by atoms with Gasteiger partial charge in [-0.25, -0.2) is 18.9 Å². The van der Waals surface area contributed by atoms with Crippen molar-refractivity contribution in [3.05, 3.63) is 77.5 Å². The lowest BCUT2D eigenvalue weighted by atomic mass is 9.80. The molecule has 7 nitrogen and oxygen atoms in total. The molecule has 0 saturated heterocycles. The number of hydrogen-bond donors (Lipinski definition) is 0. The maximum Gasteiger partial charge on any atom is 0.228 e. The Kier molecular flexibility index (Phi) is 3.61. The molecular weight excluding hydrogens is 387 g/mol. The Morgan fingerprint density at radius 1 is 1.13 bits per heavy atom. The summed E-state index contributed by atoms with van der Waals surface area (Å²) in [5, 5.41) is 4.49. The van der Waals surface area contributed by atoms with Crippen LogP contribution in [0.3, 0.4) is 0 Å². The van der Waals surface area contributed by atoms with Crippen LogP contribution < -0.4 is 4.74 Å². The fourth-order valence-electron chi connectivity index (χ4n) is 4.18. The highest BCUT2D eigenvalue weighted by atomic mass is 19.1. The summed E-state index contributed by atoms with van der Waals surface area (Å²) in [6.07, 6.45) is 5.01. The van der Waals surface area contributed by atoms with Crippen molar-refractivity contribution in [3.63, 3.8) is 0 Å². The van der Waals surface area contributed by atoms with E-state index in [1.54, 1.807) is 29.0 Å². The Morgan fingerprint density at radius 2 is 2.00 bits per heavy atom. The number of allylic oxidation sites excluding steroid dienone is 2. The van der Waals surface area contributed by atoms with Crippen LogP contribution in [0.1, 0.15) is 36.5 Å². The number of Topliss-reactive ketones (excluding diaryl/α,β-unsaturated/α-hetero) is 1. The van der Waals surface area contributed by atoms with Crippen molar-refractivity contribution in [1.82, 2.24) is 19.6 Å². The van der Waals surface area contributed by atoms with Crippen LogP contribution in [0.2, 0.25) is 0 Å². The molecule has 4 heterocycles. The van der Waals surface area contributed by atoms with Gasteiger partial charge in [-0.2, -0.15) is 0 Å². The molecule has 8 heteroatoms. The van der Waals surface area contributed by atoms with Crippen LogP contribution >= 0.6 is 0 Å². The number of carbonyl (C=O) groups excluding carboxylic acids is 1. The minimum atomic E-state index is -0.465. The van der Waals surface area contributed by atoms with Crippen molar-refractivity contribution in [3.8, 4) is 17.3 Å². The van der Waals surface area contributed by atoms with E-state index in [-0.39, 0.29) is 11.6 Å². The van der Waals surface area contributed by atoms with E-state index in [1.807, 2.05) is 6.07 Å². The van der Waals surface area contributed by atoms with Gasteiger partial charge in [0.05, 0.1) is 17.7 Å². The molecule has 1 aliphatic heterocycles. The van der Waals surface area contributed by atoms with Gasteiger partial charge >= 0.3 is 0 Å². The number of nitrogens with zero attached hydrogens (tertiary/aromatic N) is 4. The molecule has 1 aliphatic carbocycles. The zero-order valence-corrected chi connectivity index (χ0v) is 15.7. The first-order valence-corrected chi connectivity index (χ1v) is 9.68. The fraction of sp³-hybridized carbons (Fsp3) is 0.182. The molecule has 0 spiro atoms. The van der Waals surface area contributed by atoms with Crippen LogP contribution in [0, 0.1) is 5.82 Å². The minimum Gasteiger partial charge on any atom is -0.468 e. The van der Waals surface area contributed by atoms with Crippen LogP contribution in [0.4, 0.5) is 4.39 Å². The summed E-state index contributed by atoms with van der Waals surface area (Å²) in [7, 11) is 0. The number of ketones is 1. The number of furan rings is 1. The van der Waals surface area contributed by atoms with Gasteiger partial charge in [0.2, 0.25) is 5.88 Å². The predicted octanol–water partition coefficient (Wildman–Crippen LogP) is 4.05. The molecule has 6 rings (SSSR count). The number of hydrogen-bond acceptors (Lipinski definition) is 6. The van der Waals surface area contributed by atoms with E-state index >= 15 is 0 Å². The van der Waals surface area contributed by atoms with Crippen molar-refractivity contribution in [2.45, 2.75) is 25.2 Å². The summed E-state index contributed by atoms with van der Waals surface area (Å²) in [4.78, 5) is 22.0. The first-order valence-electron chi connectivity index (χ1n) is 9.68. The van der Waals surface area contributed by atoms with Crippen LogP contribution in [0.15, 0.2) is 64.7 Å². The number of rotatable bonds is 2. The van der Waals surface area contributed by atoms with Crippen molar-refractivity contribution in [2.24, 2.45) is 0 Å². The van der Waals surface area contributed by atoms with Crippen molar-refractivity contribution in [1.29, 1.82) is 0 Å². The average molecular weight is 402 g/mol. The number of ether oxygens (including phenoxy) is 1. The maximum absolute atomic E-state index is 13.3. The lowest BCUT2D eigenvalue weighted by molar-refractivity contribution is -0.116. The van der Waals surface area contributed by atoms with Gasteiger partial charge in [0.15, 0.2) is 17.3 Å². The van der Waals surface area contributed by atoms with E-state index in [9.17, 15) is 9.18 Å². The monoisotopic (exact) mass is 402 g/mol. The molecule has 30 heavy (non-hydrogen) atoms. The smallest absolute Gasteiger partial charge is 0.228 e. The summed E-state index contributed by atoms with van der Waals surface area (Å²) in [5.41, 5.74) is 2.44. The van der Waals surface area contributed by atoms with Gasteiger partial charge in [-0.3, -0.25) is 4.79 Å². The molecule has 0 fully saturated rings. The minimum absolute atomic E-state index is 0.0450. The summed E-state index contributed by atoms with van der Waals surface area (Å²) in [6, 6.07) is 9.60. The average Bonchev–Trinajstić information content (AvgIpc) is 3.43. The second-order valence-corrected chi connectivity index (χ2v) is 7.34. The lowest BCUT2D eigenvalue weighted by Gasteiger charge is -2.30. The molecule has 0 amide bonds. The van der Waals surface area contributed by atoms with Gasteiger partial charge in [-0.1, -0.05) is 0 Å². The Balaban J connectivity index is 1.59. The fourth-order valence-corrected chi connectivity index (χ4v) is 4.18. The van der Waals surface area contributed by atoms with Crippen LogP contribution in [-0.4, -0.2) is 25.4 Å². The molecule has 4 aromatic rings. The van der Waals surface area contributed by atoms with E-state index in [4.69, 9.17) is 9.15 Å². The highest BCUT2D eigenvalue weighted by molar-refractivity contribution is 5.99. The molecule has 0 unspecified atom stereocenters. The van der Waals surface area contributed by atoms with Crippen LogP contribution in [0.25, 0.3) is 17.0 Å². The molecule has 1 atom stereocenters. The highest BCUT2D eigenvalue weighted by Gasteiger charge is 2.40. The summed E-state index contributed by atoms with van der Waals surface area (Å²) >= 11 is 0. The summed E-state index contributed by atoms with van der Waals surface area (Å²) in [6.45, 7) is 0. The summed E-state index contributed by atoms with van der Waals surface area (Å²) in [5.74, 6) is 1.35. The topological polar surface area (TPSA) is 82.5 Å². The van der Waals surface area contributed by atoms with E-state index in [2.05, 4.69) is 15.1 Å². The van der Waals surface area contributed by atoms with Gasteiger partial charge in [0.25, 0.3) is 0 Å². The van der Waals surface area contributed by atoms with Crippen molar-refractivity contribution in [2.75, 3.05) is 0 Å². The van der Waals surface area contributed by atoms with E-state index in [0.29, 0.717) is 58.4 Å². The second kappa shape index (κ2) is 6.35. The zero-order chi connectivity index (χ0) is 20.2. The highest BCUT2D eigenvalue weighted by Crippen LogP contribution is 2.47. The van der Waals surface area contributed by atoms with E-state index in [1.165, 1.54) is 18.5 Å². The van der Waals surface area contributed by atoms with Gasteiger partial charge < -0.3 is 9.15 Å². The van der Waals surface area contributed by atoms with Gasteiger partial charge in [-0.15, -0.1) is 5.10 Å². The van der Waals surface area contributed by atoms with Crippen molar-refractivity contribution >= 4 is 11.4 Å². The molecular formula is C22H15FN4O3. The van der Waals surface area contributed by atoms with Gasteiger partial charge in [0, 0.05) is 24.0 Å². The van der Waals surface area contributed by atoms with Gasteiger partial charge in [-0.05, 0) is 42.8 Å². The molecule has 0 bridgehead atoms. The first-order chi connectivity index (χ1) is 14.7. The molecule has 1 aromatic carbocycles. The molecule has 0 saturated carbocycles. The van der Waals surface area contributed by atoms with Crippen molar-refractivity contribution < 1.29 is 18.3 Å². The number of aromatic nitrogens is 4. The second-order valence-electron chi connectivity index (χ2n) is 7.34. The molecule has 0 radical (unpaired) electrons. The Bertz CT molecular complexity index is 1320. The van der Waals surface area contributed by atoms with E-state index < -0.39 is 5.92 Å². The Labute approximate surface area is 169 Å². The standard InChI is InChI=1S/C22H15FN4O3/c23-13-8-6-12(7-9-13)20-25-21-19-18(15-5-2-10-29-15)17-14(28)3-1-4-16(17)30-22(19)24-11-27(21)26-20/h2,5-11,18H,1,3-4H2/t18-/m1/s1. The number of fused-ring (bicyclic) bond motifs is 3. The maximum atomic E-state index is 13.3. The number of halogens is 1. The Morgan fingerprint density at radius 3 is 2.80 bits per heavy atom. The molecule has 148 valence electrons.